The Kier molecular flexibility index (Phi) is 5.37. The molecule has 1 aromatic carbocycles. The van der Waals surface area contributed by atoms with Gasteiger partial charge in [-0.15, -0.1) is 0 Å². The van der Waals surface area contributed by atoms with Crippen molar-refractivity contribution in [1.29, 1.82) is 0 Å². The van der Waals surface area contributed by atoms with Gasteiger partial charge in [0.05, 0.1) is 0 Å². The monoisotopic (exact) mass is 341 g/mol. The van der Waals surface area contributed by atoms with Crippen LogP contribution in [0, 0.1) is 17.8 Å². The molecule has 0 spiro atoms. The van der Waals surface area contributed by atoms with Crippen molar-refractivity contribution in [2.75, 3.05) is 39.3 Å². The minimum Gasteiger partial charge on any atom is -0.339 e. The first-order valence-electron chi connectivity index (χ1n) is 10.1. The third-order valence-corrected chi connectivity index (χ3v) is 6.52. The number of likely N-dealkylation sites (tertiary alicyclic amines) is 1. The lowest BCUT2D eigenvalue weighted by Gasteiger charge is -2.25. The standard InChI is InChI=1S/C21H31N3O/c25-21(24-11-7-18-14-23-15-19(18)8-12-24)20-4-2-1-3-17(20)13-16-5-9-22-10-6-16/h1-4,16,18-19,22-23H,5-15H2/t18-,19+. The highest BCUT2D eigenvalue weighted by Crippen LogP contribution is 2.28. The average Bonchev–Trinajstić information content (AvgIpc) is 3.01. The fourth-order valence-electron chi connectivity index (χ4n) is 4.90. The second-order valence-corrected chi connectivity index (χ2v) is 8.10. The van der Waals surface area contributed by atoms with E-state index in [4.69, 9.17) is 0 Å². The molecule has 136 valence electrons. The molecule has 1 aromatic rings. The topological polar surface area (TPSA) is 44.4 Å². The van der Waals surface area contributed by atoms with E-state index in [1.165, 1.54) is 18.4 Å². The van der Waals surface area contributed by atoms with Crippen LogP contribution in [0.4, 0.5) is 0 Å². The van der Waals surface area contributed by atoms with Gasteiger partial charge in [-0.1, -0.05) is 18.2 Å². The Morgan fingerprint density at radius 1 is 0.960 bits per heavy atom. The van der Waals surface area contributed by atoms with Crippen LogP contribution in [0.25, 0.3) is 0 Å². The van der Waals surface area contributed by atoms with E-state index in [-0.39, 0.29) is 5.91 Å². The summed E-state index contributed by atoms with van der Waals surface area (Å²) in [6.45, 7) is 6.35. The van der Waals surface area contributed by atoms with Gasteiger partial charge < -0.3 is 15.5 Å². The van der Waals surface area contributed by atoms with E-state index in [0.29, 0.717) is 5.92 Å². The minimum atomic E-state index is 0.262. The predicted molar refractivity (Wildman–Crippen MR) is 101 cm³/mol. The molecule has 0 aliphatic carbocycles. The summed E-state index contributed by atoms with van der Waals surface area (Å²) < 4.78 is 0. The van der Waals surface area contributed by atoms with Gasteiger partial charge in [-0.25, -0.2) is 0 Å². The molecule has 1 amide bonds. The lowest BCUT2D eigenvalue weighted by atomic mass is 9.89. The minimum absolute atomic E-state index is 0.262. The van der Waals surface area contributed by atoms with Gasteiger partial charge in [0.2, 0.25) is 0 Å². The Hall–Kier alpha value is -1.39. The number of nitrogens with zero attached hydrogens (tertiary/aromatic N) is 1. The molecule has 4 nitrogen and oxygen atoms in total. The number of carbonyl (C=O) groups excluding carboxylic acids is 1. The smallest absolute Gasteiger partial charge is 0.254 e. The van der Waals surface area contributed by atoms with Crippen LogP contribution >= 0.6 is 0 Å². The van der Waals surface area contributed by atoms with E-state index in [9.17, 15) is 4.79 Å². The first-order chi connectivity index (χ1) is 12.3. The van der Waals surface area contributed by atoms with Gasteiger partial charge in [-0.05, 0) is 87.7 Å². The fraction of sp³-hybridized carbons (Fsp3) is 0.667. The van der Waals surface area contributed by atoms with Crippen LogP contribution in [-0.2, 0) is 6.42 Å². The molecule has 2 N–H and O–H groups in total. The van der Waals surface area contributed by atoms with Crippen LogP contribution in [0.1, 0.15) is 41.6 Å². The first-order valence-corrected chi connectivity index (χ1v) is 10.1. The molecule has 0 bridgehead atoms. The van der Waals surface area contributed by atoms with Gasteiger partial charge in [-0.3, -0.25) is 4.79 Å². The zero-order valence-electron chi connectivity index (χ0n) is 15.2. The number of carbonyl (C=O) groups is 1. The number of rotatable bonds is 3. The van der Waals surface area contributed by atoms with Crippen LogP contribution in [0.2, 0.25) is 0 Å². The van der Waals surface area contributed by atoms with E-state index in [1.807, 2.05) is 12.1 Å². The van der Waals surface area contributed by atoms with Gasteiger partial charge in [0, 0.05) is 18.7 Å². The summed E-state index contributed by atoms with van der Waals surface area (Å²) in [6.07, 6.45) is 5.80. The Morgan fingerprint density at radius 3 is 2.36 bits per heavy atom. The summed E-state index contributed by atoms with van der Waals surface area (Å²) >= 11 is 0. The number of piperidine rings is 1. The molecule has 0 aromatic heterocycles. The Labute approximate surface area is 151 Å². The molecular weight excluding hydrogens is 310 g/mol. The molecule has 3 heterocycles. The van der Waals surface area contributed by atoms with Crippen LogP contribution in [0.5, 0.6) is 0 Å². The molecule has 0 radical (unpaired) electrons. The van der Waals surface area contributed by atoms with Crippen molar-refractivity contribution in [3.63, 3.8) is 0 Å². The van der Waals surface area contributed by atoms with Crippen molar-refractivity contribution >= 4 is 5.91 Å². The average molecular weight is 341 g/mol. The molecule has 0 saturated carbocycles. The SMILES string of the molecule is O=C(c1ccccc1CC1CCNCC1)N1CC[C@@H]2CNC[C@@H]2CC1. The van der Waals surface area contributed by atoms with E-state index in [0.717, 1.165) is 75.9 Å². The second-order valence-electron chi connectivity index (χ2n) is 8.10. The number of amides is 1. The van der Waals surface area contributed by atoms with Crippen molar-refractivity contribution in [3.8, 4) is 0 Å². The summed E-state index contributed by atoms with van der Waals surface area (Å²) in [5, 5.41) is 6.95. The molecule has 3 fully saturated rings. The lowest BCUT2D eigenvalue weighted by molar-refractivity contribution is 0.0757. The maximum absolute atomic E-state index is 13.2. The van der Waals surface area contributed by atoms with Gasteiger partial charge in [-0.2, -0.15) is 0 Å². The summed E-state index contributed by atoms with van der Waals surface area (Å²) in [7, 11) is 0. The van der Waals surface area contributed by atoms with Crippen LogP contribution in [0.3, 0.4) is 0 Å². The van der Waals surface area contributed by atoms with E-state index < -0.39 is 0 Å². The van der Waals surface area contributed by atoms with E-state index in [1.54, 1.807) is 0 Å². The zero-order chi connectivity index (χ0) is 17.1. The highest BCUT2D eigenvalue weighted by Gasteiger charge is 2.32. The Bertz CT molecular complexity index is 583. The normalized spacial score (nSPS) is 27.8. The predicted octanol–water partition coefficient (Wildman–Crippen LogP) is 2.30. The van der Waals surface area contributed by atoms with Crippen molar-refractivity contribution < 1.29 is 4.79 Å². The molecule has 3 aliphatic rings. The summed E-state index contributed by atoms with van der Waals surface area (Å²) in [4.78, 5) is 15.4. The molecule has 2 atom stereocenters. The van der Waals surface area contributed by atoms with Crippen molar-refractivity contribution in [1.82, 2.24) is 15.5 Å². The summed E-state index contributed by atoms with van der Waals surface area (Å²) in [5.41, 5.74) is 2.21. The molecule has 25 heavy (non-hydrogen) atoms. The van der Waals surface area contributed by atoms with Gasteiger partial charge in [0.1, 0.15) is 0 Å². The van der Waals surface area contributed by atoms with Crippen LogP contribution < -0.4 is 10.6 Å². The van der Waals surface area contributed by atoms with Crippen LogP contribution in [0.15, 0.2) is 24.3 Å². The number of hydrogen-bond donors (Lipinski definition) is 2. The Morgan fingerprint density at radius 2 is 1.64 bits per heavy atom. The number of benzene rings is 1. The molecule has 3 aliphatic heterocycles. The van der Waals surface area contributed by atoms with Crippen molar-refractivity contribution in [3.05, 3.63) is 35.4 Å². The molecular formula is C21H31N3O. The number of nitrogens with one attached hydrogen (secondary N) is 2. The Balaban J connectivity index is 1.46. The number of hydrogen-bond acceptors (Lipinski definition) is 3. The fourth-order valence-corrected chi connectivity index (χ4v) is 4.90. The first kappa shape index (κ1) is 17.0. The molecule has 4 heteroatoms. The third kappa shape index (κ3) is 3.90. The van der Waals surface area contributed by atoms with Gasteiger partial charge >= 0.3 is 0 Å². The maximum Gasteiger partial charge on any atom is 0.254 e. The quantitative estimate of drug-likeness (QED) is 0.887. The molecule has 3 saturated heterocycles. The summed E-state index contributed by atoms with van der Waals surface area (Å²) in [5.74, 6) is 2.51. The molecule has 4 rings (SSSR count). The van der Waals surface area contributed by atoms with E-state index >= 15 is 0 Å². The summed E-state index contributed by atoms with van der Waals surface area (Å²) in [6, 6.07) is 8.33. The van der Waals surface area contributed by atoms with Crippen molar-refractivity contribution in [2.45, 2.75) is 32.1 Å². The lowest BCUT2D eigenvalue weighted by Crippen LogP contribution is -2.34. The third-order valence-electron chi connectivity index (χ3n) is 6.52. The molecule has 0 unspecified atom stereocenters. The highest BCUT2D eigenvalue weighted by molar-refractivity contribution is 5.95. The maximum atomic E-state index is 13.2. The van der Waals surface area contributed by atoms with Crippen molar-refractivity contribution in [2.24, 2.45) is 17.8 Å². The second kappa shape index (κ2) is 7.88. The number of fused-ring (bicyclic) bond motifs is 1. The largest absolute Gasteiger partial charge is 0.339 e. The highest BCUT2D eigenvalue weighted by atomic mass is 16.2. The van der Waals surface area contributed by atoms with Crippen LogP contribution in [-0.4, -0.2) is 50.1 Å². The van der Waals surface area contributed by atoms with Gasteiger partial charge in [0.15, 0.2) is 0 Å². The van der Waals surface area contributed by atoms with E-state index in [2.05, 4.69) is 27.7 Å². The zero-order valence-corrected chi connectivity index (χ0v) is 15.2. The van der Waals surface area contributed by atoms with Gasteiger partial charge in [0.25, 0.3) is 5.91 Å².